The minimum Gasteiger partial charge on any atom is -0.293 e. The summed E-state index contributed by atoms with van der Waals surface area (Å²) in [6.45, 7) is 1.54. The molecule has 12 heavy (non-hydrogen) atoms. The van der Waals surface area contributed by atoms with E-state index in [1.54, 1.807) is 37.5 Å². The molecule has 2 nitrogen and oxygen atoms in total. The predicted molar refractivity (Wildman–Crippen MR) is 45.6 cm³/mol. The fraction of sp³-hybridized carbons (Fsp3) is 0.200. The van der Waals surface area contributed by atoms with Gasteiger partial charge >= 0.3 is 0 Å². The van der Waals surface area contributed by atoms with Crippen LogP contribution in [-0.4, -0.2) is 12.1 Å². The highest BCUT2D eigenvalue weighted by Crippen LogP contribution is 2.05. The van der Waals surface area contributed by atoms with Crippen LogP contribution in [0.4, 0.5) is 0 Å². The first kappa shape index (κ1) is 8.65. The minimum atomic E-state index is -0.660. The quantitative estimate of drug-likeness (QED) is 0.498. The standard InChI is InChI=1S/C10H9O2/c1-8(7-11)10(12)9-5-3-2-4-6-9/h2-6,8H,1H3. The van der Waals surface area contributed by atoms with Crippen LogP contribution in [0.3, 0.4) is 0 Å². The molecule has 1 aromatic rings. The molecule has 0 aliphatic carbocycles. The van der Waals surface area contributed by atoms with Crippen LogP contribution in [0.2, 0.25) is 0 Å². The third-order valence-corrected chi connectivity index (χ3v) is 1.63. The summed E-state index contributed by atoms with van der Waals surface area (Å²) in [7, 11) is 0. The van der Waals surface area contributed by atoms with Gasteiger partial charge in [0, 0.05) is 5.56 Å². The summed E-state index contributed by atoms with van der Waals surface area (Å²) >= 11 is 0. The number of carbonyl (C=O) groups excluding carboxylic acids is 2. The molecule has 1 rings (SSSR count). The van der Waals surface area contributed by atoms with Crippen LogP contribution >= 0.6 is 0 Å². The molecule has 1 unspecified atom stereocenters. The van der Waals surface area contributed by atoms with E-state index < -0.39 is 5.92 Å². The Kier molecular flexibility index (Phi) is 2.75. The molecule has 0 aliphatic rings. The van der Waals surface area contributed by atoms with E-state index >= 15 is 0 Å². The number of Topliss-reactive ketones (excluding diaryl/α,β-unsaturated/α-hetero) is 1. The average Bonchev–Trinajstić information content (AvgIpc) is 2.17. The van der Waals surface area contributed by atoms with Crippen molar-refractivity contribution in [3.63, 3.8) is 0 Å². The molecule has 1 aromatic carbocycles. The molecule has 0 saturated carbocycles. The largest absolute Gasteiger partial charge is 0.293 e. The molecule has 0 amide bonds. The number of hydrogen-bond acceptors (Lipinski definition) is 2. The average molecular weight is 161 g/mol. The molecule has 2 heteroatoms. The van der Waals surface area contributed by atoms with Gasteiger partial charge in [-0.25, -0.2) is 0 Å². The zero-order chi connectivity index (χ0) is 8.97. The maximum Gasteiger partial charge on any atom is 0.209 e. The lowest BCUT2D eigenvalue weighted by Gasteiger charge is -2.00. The number of carbonyl (C=O) groups is 1. The topological polar surface area (TPSA) is 34.1 Å². The van der Waals surface area contributed by atoms with E-state index in [1.807, 2.05) is 6.07 Å². The second-order valence-electron chi connectivity index (χ2n) is 2.57. The van der Waals surface area contributed by atoms with Gasteiger partial charge in [0.15, 0.2) is 5.78 Å². The lowest BCUT2D eigenvalue weighted by molar-refractivity contribution is 0.0960. The molecule has 0 N–H and O–H groups in total. The van der Waals surface area contributed by atoms with Crippen LogP contribution in [0.1, 0.15) is 17.3 Å². The van der Waals surface area contributed by atoms with Crippen LogP contribution in [0, 0.1) is 5.92 Å². The summed E-state index contributed by atoms with van der Waals surface area (Å²) in [6, 6.07) is 8.74. The van der Waals surface area contributed by atoms with Crippen molar-refractivity contribution in [3.8, 4) is 0 Å². The molecule has 61 valence electrons. The Morgan fingerprint density at radius 2 is 1.92 bits per heavy atom. The van der Waals surface area contributed by atoms with Gasteiger partial charge < -0.3 is 0 Å². The SMILES string of the molecule is CC([C]=O)C(=O)c1ccccc1. The minimum absolute atomic E-state index is 0.175. The summed E-state index contributed by atoms with van der Waals surface area (Å²) in [6.07, 6.45) is 1.66. The van der Waals surface area contributed by atoms with E-state index in [2.05, 4.69) is 0 Å². The van der Waals surface area contributed by atoms with Crippen molar-refractivity contribution in [1.29, 1.82) is 0 Å². The van der Waals surface area contributed by atoms with Gasteiger partial charge in [-0.05, 0) is 6.92 Å². The molecular weight excluding hydrogens is 152 g/mol. The van der Waals surface area contributed by atoms with Crippen molar-refractivity contribution in [3.05, 3.63) is 35.9 Å². The number of benzene rings is 1. The van der Waals surface area contributed by atoms with E-state index in [0.29, 0.717) is 5.56 Å². The van der Waals surface area contributed by atoms with Gasteiger partial charge in [-0.2, -0.15) is 0 Å². The van der Waals surface area contributed by atoms with Crippen LogP contribution in [0.15, 0.2) is 30.3 Å². The first-order valence-electron chi connectivity index (χ1n) is 3.72. The molecule has 0 aromatic heterocycles. The summed E-state index contributed by atoms with van der Waals surface area (Å²) in [5, 5.41) is 0. The number of ketones is 1. The third-order valence-electron chi connectivity index (χ3n) is 1.63. The smallest absolute Gasteiger partial charge is 0.209 e. The fourth-order valence-corrected chi connectivity index (χ4v) is 0.906. The number of rotatable bonds is 3. The van der Waals surface area contributed by atoms with E-state index in [0.717, 1.165) is 0 Å². The van der Waals surface area contributed by atoms with Gasteiger partial charge in [0.05, 0.1) is 5.92 Å². The molecule has 0 fully saturated rings. The van der Waals surface area contributed by atoms with Gasteiger partial charge in [-0.15, -0.1) is 0 Å². The van der Waals surface area contributed by atoms with E-state index in [1.165, 1.54) is 0 Å². The summed E-state index contributed by atoms with van der Waals surface area (Å²) < 4.78 is 0. The van der Waals surface area contributed by atoms with Gasteiger partial charge in [-0.3, -0.25) is 9.59 Å². The van der Waals surface area contributed by atoms with Crippen molar-refractivity contribution < 1.29 is 9.59 Å². The highest BCUT2D eigenvalue weighted by molar-refractivity contribution is 6.04. The Bertz CT molecular complexity index is 277. The number of hydrogen-bond donors (Lipinski definition) is 0. The van der Waals surface area contributed by atoms with Crippen molar-refractivity contribution in [2.75, 3.05) is 0 Å². The summed E-state index contributed by atoms with van der Waals surface area (Å²) in [5.41, 5.74) is 0.563. The van der Waals surface area contributed by atoms with Crippen molar-refractivity contribution in [2.45, 2.75) is 6.92 Å². The molecule has 0 aliphatic heterocycles. The maximum absolute atomic E-state index is 11.3. The Morgan fingerprint density at radius 3 is 2.42 bits per heavy atom. The zero-order valence-electron chi connectivity index (χ0n) is 6.78. The van der Waals surface area contributed by atoms with Gasteiger partial charge in [0.2, 0.25) is 6.29 Å². The Balaban J connectivity index is 2.85. The van der Waals surface area contributed by atoms with Gasteiger partial charge in [-0.1, -0.05) is 30.3 Å². The lowest BCUT2D eigenvalue weighted by atomic mass is 10.0. The molecule has 0 spiro atoms. The second-order valence-corrected chi connectivity index (χ2v) is 2.57. The van der Waals surface area contributed by atoms with E-state index in [4.69, 9.17) is 0 Å². The molecule has 0 bridgehead atoms. The second kappa shape index (κ2) is 3.81. The van der Waals surface area contributed by atoms with Gasteiger partial charge in [0.1, 0.15) is 0 Å². The first-order chi connectivity index (χ1) is 5.75. The maximum atomic E-state index is 11.3. The highest BCUT2D eigenvalue weighted by Gasteiger charge is 2.13. The molecule has 0 saturated heterocycles. The van der Waals surface area contributed by atoms with Crippen LogP contribution in [0.25, 0.3) is 0 Å². The van der Waals surface area contributed by atoms with Crippen molar-refractivity contribution in [2.24, 2.45) is 5.92 Å². The van der Waals surface area contributed by atoms with Crippen molar-refractivity contribution >= 4 is 12.1 Å². The normalized spacial score (nSPS) is 12.1. The highest BCUT2D eigenvalue weighted by atomic mass is 16.1. The lowest BCUT2D eigenvalue weighted by Crippen LogP contribution is -2.11. The van der Waals surface area contributed by atoms with Crippen LogP contribution in [-0.2, 0) is 4.79 Å². The Morgan fingerprint density at radius 1 is 1.33 bits per heavy atom. The van der Waals surface area contributed by atoms with Crippen LogP contribution in [0.5, 0.6) is 0 Å². The third kappa shape index (κ3) is 1.78. The molecule has 1 atom stereocenters. The molecule has 0 heterocycles. The summed E-state index contributed by atoms with van der Waals surface area (Å²) in [4.78, 5) is 21.5. The van der Waals surface area contributed by atoms with E-state index in [9.17, 15) is 9.59 Å². The monoisotopic (exact) mass is 161 g/mol. The summed E-state index contributed by atoms with van der Waals surface area (Å²) in [5.74, 6) is -0.835. The van der Waals surface area contributed by atoms with Gasteiger partial charge in [0.25, 0.3) is 0 Å². The fourth-order valence-electron chi connectivity index (χ4n) is 0.906. The van der Waals surface area contributed by atoms with Crippen molar-refractivity contribution in [1.82, 2.24) is 0 Å². The van der Waals surface area contributed by atoms with Crippen LogP contribution < -0.4 is 0 Å². The van der Waals surface area contributed by atoms with E-state index in [-0.39, 0.29) is 5.78 Å². The predicted octanol–water partition coefficient (Wildman–Crippen LogP) is 1.62. The molecule has 1 radical (unpaired) electrons. The Hall–Kier alpha value is -1.44. The zero-order valence-corrected chi connectivity index (χ0v) is 6.78. The first-order valence-corrected chi connectivity index (χ1v) is 3.72. The Labute approximate surface area is 71.2 Å². The molecular formula is C10H9O2.